The highest BCUT2D eigenvalue weighted by molar-refractivity contribution is 5.96. The van der Waals surface area contributed by atoms with E-state index in [1.54, 1.807) is 24.4 Å². The van der Waals surface area contributed by atoms with E-state index in [9.17, 15) is 4.79 Å². The molecular weight excluding hydrogens is 238 g/mol. The molecule has 1 amide bonds. The molecule has 98 valence electrons. The van der Waals surface area contributed by atoms with E-state index in [1.807, 2.05) is 25.1 Å². The number of pyridine rings is 1. The number of nitrogen functional groups attached to an aromatic ring is 1. The molecule has 1 aromatic heterocycles. The van der Waals surface area contributed by atoms with Gasteiger partial charge in [-0.3, -0.25) is 9.78 Å². The Morgan fingerprint density at radius 3 is 2.84 bits per heavy atom. The van der Waals surface area contributed by atoms with E-state index in [0.29, 0.717) is 24.2 Å². The quantitative estimate of drug-likeness (QED) is 0.820. The lowest BCUT2D eigenvalue weighted by Gasteiger charge is -2.09. The Balaban J connectivity index is 1.93. The first-order valence-corrected chi connectivity index (χ1v) is 6.21. The molecule has 0 spiro atoms. The van der Waals surface area contributed by atoms with Gasteiger partial charge in [-0.1, -0.05) is 12.1 Å². The highest BCUT2D eigenvalue weighted by atomic mass is 16.1. The van der Waals surface area contributed by atoms with E-state index in [-0.39, 0.29) is 5.91 Å². The molecule has 0 saturated heterocycles. The van der Waals surface area contributed by atoms with E-state index in [2.05, 4.69) is 10.3 Å². The van der Waals surface area contributed by atoms with Crippen LogP contribution in [0.1, 0.15) is 21.6 Å². The SMILES string of the molecule is Cc1c(N)cccc1C(=O)NCCc1ccccn1. The number of nitrogens with two attached hydrogens (primary N) is 1. The van der Waals surface area contributed by atoms with E-state index < -0.39 is 0 Å². The molecule has 4 nitrogen and oxygen atoms in total. The molecule has 0 radical (unpaired) electrons. The first-order chi connectivity index (χ1) is 9.18. The predicted molar refractivity (Wildman–Crippen MR) is 75.9 cm³/mol. The van der Waals surface area contributed by atoms with Crippen molar-refractivity contribution in [1.82, 2.24) is 10.3 Å². The van der Waals surface area contributed by atoms with E-state index in [0.717, 1.165) is 11.3 Å². The maximum absolute atomic E-state index is 12.0. The summed E-state index contributed by atoms with van der Waals surface area (Å²) in [4.78, 5) is 16.2. The number of carbonyl (C=O) groups is 1. The Morgan fingerprint density at radius 2 is 2.11 bits per heavy atom. The summed E-state index contributed by atoms with van der Waals surface area (Å²) in [5, 5.41) is 2.88. The van der Waals surface area contributed by atoms with Crippen LogP contribution in [-0.4, -0.2) is 17.4 Å². The van der Waals surface area contributed by atoms with Crippen LogP contribution >= 0.6 is 0 Å². The summed E-state index contributed by atoms with van der Waals surface area (Å²) >= 11 is 0. The van der Waals surface area contributed by atoms with Crippen molar-refractivity contribution < 1.29 is 4.79 Å². The number of nitrogens with one attached hydrogen (secondary N) is 1. The van der Waals surface area contributed by atoms with Crippen molar-refractivity contribution >= 4 is 11.6 Å². The van der Waals surface area contributed by atoms with Crippen molar-refractivity contribution in [3.63, 3.8) is 0 Å². The fourth-order valence-electron chi connectivity index (χ4n) is 1.84. The zero-order valence-corrected chi connectivity index (χ0v) is 10.9. The number of nitrogens with zero attached hydrogens (tertiary/aromatic N) is 1. The number of benzene rings is 1. The van der Waals surface area contributed by atoms with Gasteiger partial charge in [0.05, 0.1) is 0 Å². The van der Waals surface area contributed by atoms with Crippen molar-refractivity contribution in [3.05, 3.63) is 59.4 Å². The highest BCUT2D eigenvalue weighted by Gasteiger charge is 2.09. The standard InChI is InChI=1S/C15H17N3O/c1-11-13(6-4-7-14(11)16)15(19)18-10-8-12-5-2-3-9-17-12/h2-7,9H,8,10,16H2,1H3,(H,18,19). The van der Waals surface area contributed by atoms with Gasteiger partial charge in [-0.05, 0) is 36.8 Å². The lowest BCUT2D eigenvalue weighted by atomic mass is 10.1. The van der Waals surface area contributed by atoms with Gasteiger partial charge in [-0.2, -0.15) is 0 Å². The lowest BCUT2D eigenvalue weighted by molar-refractivity contribution is 0.0953. The lowest BCUT2D eigenvalue weighted by Crippen LogP contribution is -2.26. The van der Waals surface area contributed by atoms with Gasteiger partial charge < -0.3 is 11.1 Å². The van der Waals surface area contributed by atoms with Crippen LogP contribution in [0.4, 0.5) is 5.69 Å². The molecule has 0 unspecified atom stereocenters. The molecule has 19 heavy (non-hydrogen) atoms. The van der Waals surface area contributed by atoms with Gasteiger partial charge >= 0.3 is 0 Å². The number of hydrogen-bond donors (Lipinski definition) is 2. The van der Waals surface area contributed by atoms with Crippen LogP contribution in [-0.2, 0) is 6.42 Å². The first-order valence-electron chi connectivity index (χ1n) is 6.21. The van der Waals surface area contributed by atoms with Crippen molar-refractivity contribution in [1.29, 1.82) is 0 Å². The number of amides is 1. The van der Waals surface area contributed by atoms with Crippen LogP contribution < -0.4 is 11.1 Å². The third-order valence-electron chi connectivity index (χ3n) is 3.01. The smallest absolute Gasteiger partial charge is 0.251 e. The molecular formula is C15H17N3O. The zero-order valence-electron chi connectivity index (χ0n) is 10.9. The van der Waals surface area contributed by atoms with Crippen molar-refractivity contribution in [2.24, 2.45) is 0 Å². The summed E-state index contributed by atoms with van der Waals surface area (Å²) in [5.74, 6) is -0.0965. The second-order valence-corrected chi connectivity index (χ2v) is 4.35. The average Bonchev–Trinajstić information content (AvgIpc) is 2.43. The van der Waals surface area contributed by atoms with Crippen molar-refractivity contribution in [2.75, 3.05) is 12.3 Å². The minimum absolute atomic E-state index is 0.0965. The van der Waals surface area contributed by atoms with E-state index in [4.69, 9.17) is 5.73 Å². The molecule has 2 rings (SSSR count). The van der Waals surface area contributed by atoms with Crippen LogP contribution in [0, 0.1) is 6.92 Å². The normalized spacial score (nSPS) is 10.2. The number of hydrogen-bond acceptors (Lipinski definition) is 3. The first kappa shape index (κ1) is 13.1. The molecule has 0 bridgehead atoms. The van der Waals surface area contributed by atoms with Crippen molar-refractivity contribution in [2.45, 2.75) is 13.3 Å². The van der Waals surface area contributed by atoms with Gasteiger partial charge in [0.1, 0.15) is 0 Å². The second kappa shape index (κ2) is 6.00. The predicted octanol–water partition coefficient (Wildman–Crippen LogP) is 1.94. The molecule has 4 heteroatoms. The molecule has 0 fully saturated rings. The molecule has 2 aromatic rings. The van der Waals surface area contributed by atoms with Gasteiger partial charge in [-0.15, -0.1) is 0 Å². The Morgan fingerprint density at radius 1 is 1.26 bits per heavy atom. The molecule has 0 saturated carbocycles. The summed E-state index contributed by atoms with van der Waals surface area (Å²) in [7, 11) is 0. The van der Waals surface area contributed by atoms with Crippen LogP contribution in [0.15, 0.2) is 42.6 Å². The fourth-order valence-corrected chi connectivity index (χ4v) is 1.84. The molecule has 1 aromatic carbocycles. The summed E-state index contributed by atoms with van der Waals surface area (Å²) in [6, 6.07) is 11.1. The summed E-state index contributed by atoms with van der Waals surface area (Å²) in [5.41, 5.74) is 8.83. The van der Waals surface area contributed by atoms with Gasteiger partial charge in [-0.25, -0.2) is 0 Å². The molecule has 3 N–H and O–H groups in total. The van der Waals surface area contributed by atoms with Crippen LogP contribution in [0.2, 0.25) is 0 Å². The average molecular weight is 255 g/mol. The molecule has 0 aliphatic rings. The Kier molecular flexibility index (Phi) is 4.13. The van der Waals surface area contributed by atoms with Crippen molar-refractivity contribution in [3.8, 4) is 0 Å². The zero-order chi connectivity index (χ0) is 13.7. The van der Waals surface area contributed by atoms with Gasteiger partial charge in [0.25, 0.3) is 5.91 Å². The largest absolute Gasteiger partial charge is 0.398 e. The summed E-state index contributed by atoms with van der Waals surface area (Å²) in [6.07, 6.45) is 2.47. The molecule has 1 heterocycles. The number of carbonyl (C=O) groups excluding carboxylic acids is 1. The monoisotopic (exact) mass is 255 g/mol. The Hall–Kier alpha value is -2.36. The topological polar surface area (TPSA) is 68.0 Å². The number of aromatic nitrogens is 1. The fraction of sp³-hybridized carbons (Fsp3) is 0.200. The Bertz CT molecular complexity index is 567. The van der Waals surface area contributed by atoms with E-state index in [1.165, 1.54) is 0 Å². The highest BCUT2D eigenvalue weighted by Crippen LogP contribution is 2.15. The number of anilines is 1. The second-order valence-electron chi connectivity index (χ2n) is 4.35. The summed E-state index contributed by atoms with van der Waals surface area (Å²) < 4.78 is 0. The molecule has 0 atom stereocenters. The maximum atomic E-state index is 12.0. The van der Waals surface area contributed by atoms with Crippen LogP contribution in [0.5, 0.6) is 0 Å². The third-order valence-corrected chi connectivity index (χ3v) is 3.01. The molecule has 0 aliphatic heterocycles. The number of rotatable bonds is 4. The maximum Gasteiger partial charge on any atom is 0.251 e. The van der Waals surface area contributed by atoms with Gasteiger partial charge in [0, 0.05) is 36.1 Å². The minimum Gasteiger partial charge on any atom is -0.398 e. The Labute approximate surface area is 112 Å². The van der Waals surface area contributed by atoms with Crippen LogP contribution in [0.3, 0.4) is 0 Å². The van der Waals surface area contributed by atoms with Gasteiger partial charge in [0.15, 0.2) is 0 Å². The van der Waals surface area contributed by atoms with Crippen LogP contribution in [0.25, 0.3) is 0 Å². The third kappa shape index (κ3) is 3.31. The minimum atomic E-state index is -0.0965. The summed E-state index contributed by atoms with van der Waals surface area (Å²) in [6.45, 7) is 2.41. The van der Waals surface area contributed by atoms with Gasteiger partial charge in [0.2, 0.25) is 0 Å². The molecule has 0 aliphatic carbocycles. The van der Waals surface area contributed by atoms with E-state index >= 15 is 0 Å².